The van der Waals surface area contributed by atoms with Crippen molar-refractivity contribution >= 4 is 11.9 Å². The van der Waals surface area contributed by atoms with E-state index in [-0.39, 0.29) is 0 Å². The van der Waals surface area contributed by atoms with Crippen LogP contribution in [0.3, 0.4) is 0 Å². The monoisotopic (exact) mass is 518 g/mol. The summed E-state index contributed by atoms with van der Waals surface area (Å²) in [7, 11) is 0. The normalized spacial score (nSPS) is 19.3. The van der Waals surface area contributed by atoms with E-state index in [0.29, 0.717) is 29.5 Å². The van der Waals surface area contributed by atoms with Crippen LogP contribution in [0.5, 0.6) is 0 Å². The summed E-state index contributed by atoms with van der Waals surface area (Å²) in [6.07, 6.45) is -7.83. The lowest BCUT2D eigenvalue weighted by atomic mass is 9.79. The van der Waals surface area contributed by atoms with Gasteiger partial charge in [-0.1, -0.05) is 61.3 Å². The molecule has 4 rings (SSSR count). The van der Waals surface area contributed by atoms with Crippen LogP contribution in [0.4, 0.5) is 26.3 Å². The van der Waals surface area contributed by atoms with Gasteiger partial charge in [-0.25, -0.2) is 0 Å². The highest BCUT2D eigenvalue weighted by Crippen LogP contribution is 2.50. The molecule has 2 heterocycles. The molecule has 2 aromatic rings. The van der Waals surface area contributed by atoms with E-state index in [9.17, 15) is 31.4 Å². The molecular formula is C25H28F6N2OS. The van der Waals surface area contributed by atoms with E-state index >= 15 is 0 Å². The second-order valence-corrected chi connectivity index (χ2v) is 10.5. The Bertz CT molecular complexity index is 1030. The quantitative estimate of drug-likeness (QED) is 0.374. The van der Waals surface area contributed by atoms with E-state index in [1.165, 1.54) is 18.6 Å². The lowest BCUT2D eigenvalue weighted by Gasteiger charge is -2.48. The Kier molecular flexibility index (Phi) is 6.98. The third-order valence-electron chi connectivity index (χ3n) is 7.17. The predicted molar refractivity (Wildman–Crippen MR) is 125 cm³/mol. The zero-order valence-electron chi connectivity index (χ0n) is 19.5. The van der Waals surface area contributed by atoms with Crippen molar-refractivity contribution < 1.29 is 31.4 Å². The molecule has 192 valence electrons. The summed E-state index contributed by atoms with van der Waals surface area (Å²) < 4.78 is 81.4. The lowest BCUT2D eigenvalue weighted by molar-refractivity contribution is -0.376. The van der Waals surface area contributed by atoms with Crippen molar-refractivity contribution in [3.63, 3.8) is 0 Å². The highest BCUT2D eigenvalue weighted by atomic mass is 32.2. The summed E-state index contributed by atoms with van der Waals surface area (Å²) in [6.45, 7) is 7.09. The molecular weight excluding hydrogens is 490 g/mol. The zero-order chi connectivity index (χ0) is 25.6. The van der Waals surface area contributed by atoms with Crippen molar-refractivity contribution in [2.45, 2.75) is 44.3 Å². The number of hydrogen-bond donors (Lipinski definition) is 1. The molecule has 2 aliphatic rings. The molecule has 1 spiro atoms. The third-order valence-corrected chi connectivity index (χ3v) is 8.00. The number of alkyl halides is 6. The van der Waals surface area contributed by atoms with Crippen LogP contribution >= 0.6 is 11.9 Å². The van der Waals surface area contributed by atoms with Gasteiger partial charge in [0.2, 0.25) is 0 Å². The van der Waals surface area contributed by atoms with Crippen LogP contribution in [-0.4, -0.2) is 59.1 Å². The maximum atomic E-state index is 13.2. The molecule has 1 N–H and O–H groups in total. The average molecular weight is 519 g/mol. The van der Waals surface area contributed by atoms with Crippen LogP contribution in [0, 0.1) is 5.41 Å². The molecule has 3 nitrogen and oxygen atoms in total. The number of halogens is 6. The first kappa shape index (κ1) is 26.3. The lowest BCUT2D eigenvalue weighted by Crippen LogP contribution is -2.56. The fourth-order valence-corrected chi connectivity index (χ4v) is 5.96. The molecule has 0 amide bonds. The number of rotatable bonds is 6. The number of likely N-dealkylation sites (tertiary alicyclic amines) is 1. The molecule has 0 aromatic heterocycles. The first-order valence-corrected chi connectivity index (χ1v) is 12.6. The van der Waals surface area contributed by atoms with E-state index in [2.05, 4.69) is 21.5 Å². The van der Waals surface area contributed by atoms with Gasteiger partial charge >= 0.3 is 12.4 Å². The first-order chi connectivity index (χ1) is 16.3. The van der Waals surface area contributed by atoms with Crippen LogP contribution in [0.1, 0.15) is 30.0 Å². The Morgan fingerprint density at radius 2 is 1.57 bits per heavy atom. The Hall–Kier alpha value is -1.75. The van der Waals surface area contributed by atoms with Crippen molar-refractivity contribution in [3.05, 3.63) is 59.2 Å². The number of hydrogen-bond acceptors (Lipinski definition) is 4. The molecule has 2 aromatic carbocycles. The van der Waals surface area contributed by atoms with Crippen molar-refractivity contribution in [1.82, 2.24) is 9.21 Å². The minimum absolute atomic E-state index is 0.382. The second-order valence-electron chi connectivity index (χ2n) is 9.57. The topological polar surface area (TPSA) is 26.7 Å². The zero-order valence-corrected chi connectivity index (χ0v) is 20.3. The average Bonchev–Trinajstić information content (AvgIpc) is 3.21. The van der Waals surface area contributed by atoms with Crippen molar-refractivity contribution in [2.75, 3.05) is 32.4 Å². The molecule has 0 atom stereocenters. The predicted octanol–water partition coefficient (Wildman–Crippen LogP) is 6.01. The molecule has 35 heavy (non-hydrogen) atoms. The van der Waals surface area contributed by atoms with Crippen LogP contribution < -0.4 is 0 Å². The van der Waals surface area contributed by atoms with Crippen LogP contribution in [0.2, 0.25) is 0 Å². The highest BCUT2D eigenvalue weighted by Gasteiger charge is 2.71. The molecule has 0 bridgehead atoms. The van der Waals surface area contributed by atoms with Crippen molar-refractivity contribution in [2.24, 2.45) is 5.41 Å². The molecule has 0 aliphatic carbocycles. The minimum Gasteiger partial charge on any atom is -0.369 e. The molecule has 10 heteroatoms. The summed E-state index contributed by atoms with van der Waals surface area (Å²) in [6, 6.07) is 9.66. The van der Waals surface area contributed by atoms with E-state index < -0.39 is 23.5 Å². The van der Waals surface area contributed by atoms with E-state index in [1.54, 1.807) is 11.9 Å². The van der Waals surface area contributed by atoms with Crippen LogP contribution in [0.25, 0.3) is 11.1 Å². The summed E-state index contributed by atoms with van der Waals surface area (Å²) >= 11 is 1.79. The summed E-state index contributed by atoms with van der Waals surface area (Å²) in [5.74, 6) is 0. The van der Waals surface area contributed by atoms with Crippen molar-refractivity contribution in [1.29, 1.82) is 0 Å². The summed E-state index contributed by atoms with van der Waals surface area (Å²) in [5.41, 5.74) is -2.47. The second kappa shape index (κ2) is 9.28. The van der Waals surface area contributed by atoms with E-state index in [0.717, 1.165) is 49.4 Å². The maximum absolute atomic E-state index is 13.2. The fourth-order valence-electron chi connectivity index (χ4n) is 5.28. The largest absolute Gasteiger partial charge is 0.430 e. The number of nitrogens with zero attached hydrogens (tertiary/aromatic N) is 2. The molecule has 2 fully saturated rings. The van der Waals surface area contributed by atoms with Gasteiger partial charge in [0.05, 0.1) is 0 Å². The Morgan fingerprint density at radius 3 is 2.09 bits per heavy atom. The Labute approximate surface area is 205 Å². The number of benzene rings is 2. The van der Waals surface area contributed by atoms with E-state index in [1.807, 2.05) is 19.1 Å². The van der Waals surface area contributed by atoms with Gasteiger partial charge in [0.1, 0.15) is 0 Å². The van der Waals surface area contributed by atoms with Gasteiger partial charge in [-0.3, -0.25) is 9.21 Å². The number of aryl methyl sites for hydroxylation is 1. The molecule has 2 saturated heterocycles. The van der Waals surface area contributed by atoms with Crippen molar-refractivity contribution in [3.8, 4) is 11.1 Å². The SMILES string of the molecule is CCc1cc(CN2CC3(CCN(SC)C3)C2)ccc1-c1ccc(C(O)(C(F)(F)F)C(F)(F)F)cc1. The Balaban J connectivity index is 1.50. The molecule has 0 radical (unpaired) electrons. The molecule has 0 saturated carbocycles. The van der Waals surface area contributed by atoms with Crippen LogP contribution in [0.15, 0.2) is 42.5 Å². The first-order valence-electron chi connectivity index (χ1n) is 11.4. The smallest absolute Gasteiger partial charge is 0.369 e. The van der Waals surface area contributed by atoms with Gasteiger partial charge in [-0.15, -0.1) is 0 Å². The summed E-state index contributed by atoms with van der Waals surface area (Å²) in [4.78, 5) is 2.40. The molecule has 0 unspecified atom stereocenters. The van der Waals surface area contributed by atoms with E-state index in [4.69, 9.17) is 0 Å². The fraction of sp³-hybridized carbons (Fsp3) is 0.520. The van der Waals surface area contributed by atoms with Gasteiger partial charge < -0.3 is 5.11 Å². The van der Waals surface area contributed by atoms with Gasteiger partial charge in [-0.05, 0) is 41.4 Å². The third kappa shape index (κ3) is 4.82. The summed E-state index contributed by atoms with van der Waals surface area (Å²) in [5, 5.41) is 9.61. The van der Waals surface area contributed by atoms with Gasteiger partial charge in [0.15, 0.2) is 0 Å². The van der Waals surface area contributed by atoms with Gasteiger partial charge in [0.25, 0.3) is 5.60 Å². The minimum atomic E-state index is -5.90. The van der Waals surface area contributed by atoms with Gasteiger partial charge in [0, 0.05) is 43.7 Å². The number of aliphatic hydroxyl groups is 1. The van der Waals surface area contributed by atoms with Crippen LogP contribution in [-0.2, 0) is 18.6 Å². The standard InChI is InChI=1S/C25H28F6N2OS/c1-3-18-12-17(13-32-14-22(15-32)10-11-33(16-22)35-2)4-9-21(18)19-5-7-20(8-6-19)23(34,24(26,27)28)25(29,30)31/h4-9,12,34H,3,10-11,13-16H2,1-2H3. The molecule has 2 aliphatic heterocycles. The maximum Gasteiger partial charge on any atom is 0.430 e. The Morgan fingerprint density at radius 1 is 0.943 bits per heavy atom. The van der Waals surface area contributed by atoms with Gasteiger partial charge in [-0.2, -0.15) is 26.3 Å². The highest BCUT2D eigenvalue weighted by molar-refractivity contribution is 7.96.